The molecule has 7 heteroatoms. The molecule has 2 N–H and O–H groups in total. The maximum atomic E-state index is 4.99. The number of hydrogen-bond acceptors (Lipinski definition) is 6. The average Bonchev–Trinajstić information content (AvgIpc) is 3.35. The van der Waals surface area contributed by atoms with Gasteiger partial charge in [0.2, 0.25) is 0 Å². The third kappa shape index (κ3) is 3.45. The highest BCUT2D eigenvalue weighted by atomic mass is 15.3. The summed E-state index contributed by atoms with van der Waals surface area (Å²) in [4.78, 5) is 14.4. The molecule has 1 saturated carbocycles. The van der Waals surface area contributed by atoms with Gasteiger partial charge < -0.3 is 10.6 Å². The largest absolute Gasteiger partial charge is 0.360 e. The van der Waals surface area contributed by atoms with Crippen molar-refractivity contribution in [1.29, 1.82) is 0 Å². The topological polar surface area (TPSA) is 80.6 Å². The number of nitrogens with one attached hydrogen (secondary N) is 2. The van der Waals surface area contributed by atoms with E-state index >= 15 is 0 Å². The van der Waals surface area contributed by atoms with Gasteiger partial charge in [0.1, 0.15) is 23.8 Å². The summed E-state index contributed by atoms with van der Waals surface area (Å²) >= 11 is 0. The van der Waals surface area contributed by atoms with E-state index in [1.807, 2.05) is 11.7 Å². The Kier molecular flexibility index (Phi) is 4.89. The molecule has 0 radical (unpaired) electrons. The minimum Gasteiger partial charge on any atom is -0.360 e. The summed E-state index contributed by atoms with van der Waals surface area (Å²) in [5, 5.41) is 11.4. The van der Waals surface area contributed by atoms with Gasteiger partial charge in [-0.05, 0) is 25.2 Å². The molecule has 0 aromatic carbocycles. The molecule has 2 aliphatic rings. The molecule has 2 aromatic heterocycles. The third-order valence-corrected chi connectivity index (χ3v) is 5.50. The van der Waals surface area contributed by atoms with Crippen LogP contribution in [0.15, 0.2) is 6.33 Å². The van der Waals surface area contributed by atoms with E-state index in [-0.39, 0.29) is 6.04 Å². The van der Waals surface area contributed by atoms with Crippen molar-refractivity contribution < 1.29 is 0 Å². The maximum Gasteiger partial charge on any atom is 0.149 e. The van der Waals surface area contributed by atoms with Gasteiger partial charge in [-0.1, -0.05) is 26.7 Å². The van der Waals surface area contributed by atoms with E-state index < -0.39 is 0 Å². The molecule has 7 nitrogen and oxygen atoms in total. The summed E-state index contributed by atoms with van der Waals surface area (Å²) in [6, 6.07) is 0.0959. The van der Waals surface area contributed by atoms with Crippen molar-refractivity contribution in [2.45, 2.75) is 71.0 Å². The Bertz CT molecular complexity index is 761. The van der Waals surface area contributed by atoms with E-state index in [1.165, 1.54) is 31.2 Å². The van der Waals surface area contributed by atoms with Crippen LogP contribution in [0.2, 0.25) is 0 Å². The van der Waals surface area contributed by atoms with E-state index in [2.05, 4.69) is 34.6 Å². The Labute approximate surface area is 155 Å². The zero-order valence-corrected chi connectivity index (χ0v) is 16.0. The molecule has 1 atom stereocenters. The summed E-state index contributed by atoms with van der Waals surface area (Å²) in [6.45, 7) is 6.14. The van der Waals surface area contributed by atoms with Crippen LogP contribution in [-0.2, 0) is 20.1 Å². The van der Waals surface area contributed by atoms with Crippen LogP contribution in [0.1, 0.15) is 80.8 Å². The summed E-state index contributed by atoms with van der Waals surface area (Å²) < 4.78 is 1.86. The summed E-state index contributed by atoms with van der Waals surface area (Å²) in [5.41, 5.74) is 2.37. The van der Waals surface area contributed by atoms with Crippen LogP contribution in [0.25, 0.3) is 0 Å². The van der Waals surface area contributed by atoms with Crippen molar-refractivity contribution in [3.8, 4) is 0 Å². The molecular weight excluding hydrogens is 326 g/mol. The molecule has 1 fully saturated rings. The van der Waals surface area contributed by atoms with Crippen molar-refractivity contribution in [2.75, 3.05) is 5.32 Å². The average molecular weight is 355 g/mol. The fraction of sp³-hybridized carbons (Fsp3) is 0.684. The van der Waals surface area contributed by atoms with E-state index in [0.29, 0.717) is 11.8 Å². The standard InChI is InChI=1S/C19H29N7/c1-12(2)8-15(19-21-11-22-26(19)3)23-18-14-9-20-10-16(14)24-17(25-18)13-6-4-5-7-13/h11-13,15,20H,4-10H2,1-3H3,(H,23,24,25)/t15-/m0/s1. The van der Waals surface area contributed by atoms with Crippen LogP contribution < -0.4 is 10.6 Å². The molecule has 140 valence electrons. The van der Waals surface area contributed by atoms with Crippen molar-refractivity contribution in [2.24, 2.45) is 13.0 Å². The summed E-state index contributed by atoms with van der Waals surface area (Å²) in [6.07, 6.45) is 7.62. The summed E-state index contributed by atoms with van der Waals surface area (Å²) in [5.74, 6) is 4.02. The first-order valence-corrected chi connectivity index (χ1v) is 9.82. The molecule has 2 aromatic rings. The number of aromatic nitrogens is 5. The van der Waals surface area contributed by atoms with Crippen molar-refractivity contribution in [3.05, 3.63) is 29.2 Å². The van der Waals surface area contributed by atoms with Crippen LogP contribution in [0.3, 0.4) is 0 Å². The first-order chi connectivity index (χ1) is 12.6. The lowest BCUT2D eigenvalue weighted by Gasteiger charge is -2.22. The van der Waals surface area contributed by atoms with Gasteiger partial charge >= 0.3 is 0 Å². The fourth-order valence-electron chi connectivity index (χ4n) is 4.16. The second kappa shape index (κ2) is 7.31. The molecule has 0 saturated heterocycles. The van der Waals surface area contributed by atoms with Crippen LogP contribution >= 0.6 is 0 Å². The monoisotopic (exact) mass is 355 g/mol. The van der Waals surface area contributed by atoms with Crippen LogP contribution in [0, 0.1) is 5.92 Å². The van der Waals surface area contributed by atoms with Crippen molar-refractivity contribution in [3.63, 3.8) is 0 Å². The minimum atomic E-state index is 0.0959. The van der Waals surface area contributed by atoms with Gasteiger partial charge in [0.25, 0.3) is 0 Å². The summed E-state index contributed by atoms with van der Waals surface area (Å²) in [7, 11) is 1.95. The maximum absolute atomic E-state index is 4.99. The van der Waals surface area contributed by atoms with Crippen LogP contribution in [0.5, 0.6) is 0 Å². The zero-order valence-electron chi connectivity index (χ0n) is 16.0. The number of fused-ring (bicyclic) bond motifs is 1. The van der Waals surface area contributed by atoms with Gasteiger partial charge in [-0.25, -0.2) is 15.0 Å². The van der Waals surface area contributed by atoms with Gasteiger partial charge in [0, 0.05) is 31.6 Å². The molecule has 0 unspecified atom stereocenters. The molecule has 3 heterocycles. The molecular formula is C19H29N7. The van der Waals surface area contributed by atoms with E-state index in [4.69, 9.17) is 9.97 Å². The van der Waals surface area contributed by atoms with Crippen molar-refractivity contribution >= 4 is 5.82 Å². The van der Waals surface area contributed by atoms with E-state index in [1.54, 1.807) is 6.33 Å². The quantitative estimate of drug-likeness (QED) is 0.829. The van der Waals surface area contributed by atoms with Gasteiger partial charge in [-0.2, -0.15) is 5.10 Å². The van der Waals surface area contributed by atoms with Crippen LogP contribution in [-0.4, -0.2) is 24.7 Å². The van der Waals surface area contributed by atoms with Gasteiger partial charge in [-0.15, -0.1) is 0 Å². The Morgan fingerprint density at radius 1 is 1.23 bits per heavy atom. The van der Waals surface area contributed by atoms with Gasteiger partial charge in [0.05, 0.1) is 11.7 Å². The molecule has 1 aliphatic carbocycles. The lowest BCUT2D eigenvalue weighted by atomic mass is 10.0. The Balaban J connectivity index is 1.67. The molecule has 4 rings (SSSR count). The Morgan fingerprint density at radius 2 is 2.04 bits per heavy atom. The van der Waals surface area contributed by atoms with Gasteiger partial charge in [0.15, 0.2) is 0 Å². The number of aryl methyl sites for hydroxylation is 1. The predicted molar refractivity (Wildman–Crippen MR) is 101 cm³/mol. The molecule has 0 spiro atoms. The fourth-order valence-corrected chi connectivity index (χ4v) is 4.16. The van der Waals surface area contributed by atoms with Gasteiger partial charge in [-0.3, -0.25) is 4.68 Å². The lowest BCUT2D eigenvalue weighted by Crippen LogP contribution is -2.20. The zero-order chi connectivity index (χ0) is 18.1. The number of anilines is 1. The third-order valence-electron chi connectivity index (χ3n) is 5.50. The Morgan fingerprint density at radius 3 is 2.73 bits per heavy atom. The number of nitrogens with zero attached hydrogens (tertiary/aromatic N) is 5. The molecule has 0 amide bonds. The predicted octanol–water partition coefficient (Wildman–Crippen LogP) is 3.07. The number of rotatable bonds is 6. The highest BCUT2D eigenvalue weighted by molar-refractivity contribution is 5.50. The second-order valence-electron chi connectivity index (χ2n) is 8.01. The van der Waals surface area contributed by atoms with Crippen LogP contribution in [0.4, 0.5) is 5.82 Å². The minimum absolute atomic E-state index is 0.0959. The molecule has 0 bridgehead atoms. The Hall–Kier alpha value is -2.02. The van der Waals surface area contributed by atoms with E-state index in [9.17, 15) is 0 Å². The van der Waals surface area contributed by atoms with E-state index in [0.717, 1.165) is 42.7 Å². The number of hydrogen-bond donors (Lipinski definition) is 2. The highest BCUT2D eigenvalue weighted by Gasteiger charge is 2.27. The normalized spacial score (nSPS) is 18.5. The SMILES string of the molecule is CC(C)C[C@H](Nc1nc(C2CCCC2)nc2c1CNC2)c1ncnn1C. The molecule has 1 aliphatic heterocycles. The first-order valence-electron chi connectivity index (χ1n) is 9.82. The highest BCUT2D eigenvalue weighted by Crippen LogP contribution is 2.35. The first kappa shape index (κ1) is 17.4. The lowest BCUT2D eigenvalue weighted by molar-refractivity contribution is 0.496. The second-order valence-corrected chi connectivity index (χ2v) is 8.01. The van der Waals surface area contributed by atoms with Crippen molar-refractivity contribution in [1.82, 2.24) is 30.0 Å². The smallest absolute Gasteiger partial charge is 0.149 e. The molecule has 26 heavy (non-hydrogen) atoms.